The zero-order valence-corrected chi connectivity index (χ0v) is 11.0. The molecule has 0 aliphatic carbocycles. The highest BCUT2D eigenvalue weighted by Crippen LogP contribution is 2.20. The maximum absolute atomic E-state index is 12.1. The second kappa shape index (κ2) is 5.92. The Labute approximate surface area is 116 Å². The molecule has 0 bridgehead atoms. The Kier molecular flexibility index (Phi) is 4.24. The van der Waals surface area contributed by atoms with E-state index >= 15 is 0 Å². The Morgan fingerprint density at radius 1 is 1.40 bits per heavy atom. The van der Waals surface area contributed by atoms with E-state index in [0.29, 0.717) is 12.1 Å². The number of hydrogen-bond acceptors (Lipinski definition) is 4. The van der Waals surface area contributed by atoms with Gasteiger partial charge in [0.05, 0.1) is 6.10 Å². The number of carboxylic acids is 1. The number of likely N-dealkylation sites (tertiary alicyclic amines) is 1. The van der Waals surface area contributed by atoms with Gasteiger partial charge < -0.3 is 20.8 Å². The predicted octanol–water partition coefficient (Wildman–Crippen LogP) is 0.248. The lowest BCUT2D eigenvalue weighted by Crippen LogP contribution is -2.40. The lowest BCUT2D eigenvalue weighted by Gasteiger charge is -2.21. The van der Waals surface area contributed by atoms with Gasteiger partial charge in [0.1, 0.15) is 6.04 Å². The van der Waals surface area contributed by atoms with Crippen LogP contribution in [0, 0.1) is 0 Å². The van der Waals surface area contributed by atoms with Gasteiger partial charge in [-0.3, -0.25) is 4.79 Å². The molecule has 1 aromatic carbocycles. The van der Waals surface area contributed by atoms with Crippen molar-refractivity contribution in [3.05, 3.63) is 29.8 Å². The van der Waals surface area contributed by atoms with Crippen LogP contribution < -0.4 is 5.73 Å². The van der Waals surface area contributed by atoms with Gasteiger partial charge in [0, 0.05) is 25.1 Å². The van der Waals surface area contributed by atoms with Crippen LogP contribution in [0.15, 0.2) is 24.3 Å². The molecule has 1 fully saturated rings. The van der Waals surface area contributed by atoms with Crippen LogP contribution >= 0.6 is 0 Å². The lowest BCUT2D eigenvalue weighted by atomic mass is 10.1. The van der Waals surface area contributed by atoms with Gasteiger partial charge >= 0.3 is 5.97 Å². The summed E-state index contributed by atoms with van der Waals surface area (Å²) in [5.41, 5.74) is 7.23. The number of hydrogen-bond donors (Lipinski definition) is 3. The first-order valence-corrected chi connectivity index (χ1v) is 6.52. The predicted molar refractivity (Wildman–Crippen MR) is 72.9 cm³/mol. The van der Waals surface area contributed by atoms with Gasteiger partial charge in [-0.05, 0) is 24.1 Å². The quantitative estimate of drug-likeness (QED) is 0.685. The molecule has 1 aromatic rings. The molecule has 1 unspecified atom stereocenters. The number of carboxylic acid groups (broad SMARTS) is 1. The van der Waals surface area contributed by atoms with E-state index in [0.717, 1.165) is 5.56 Å². The smallest absolute Gasteiger partial charge is 0.326 e. The number of anilines is 1. The molecule has 6 heteroatoms. The number of aliphatic hydroxyl groups is 1. The Hall–Kier alpha value is -2.08. The summed E-state index contributed by atoms with van der Waals surface area (Å²) in [6.45, 7) is 0.0900. The van der Waals surface area contributed by atoms with E-state index in [2.05, 4.69) is 0 Å². The highest BCUT2D eigenvalue weighted by atomic mass is 16.4. The van der Waals surface area contributed by atoms with Crippen molar-refractivity contribution in [2.45, 2.75) is 31.4 Å². The summed E-state index contributed by atoms with van der Waals surface area (Å²) in [5.74, 6) is -1.32. The summed E-state index contributed by atoms with van der Waals surface area (Å²) < 4.78 is 0. The molecule has 0 aromatic heterocycles. The highest BCUT2D eigenvalue weighted by molar-refractivity contribution is 5.84. The number of benzene rings is 1. The molecule has 0 spiro atoms. The molecule has 6 nitrogen and oxygen atoms in total. The highest BCUT2D eigenvalue weighted by Gasteiger charge is 2.38. The van der Waals surface area contributed by atoms with Crippen molar-refractivity contribution in [1.29, 1.82) is 0 Å². The van der Waals surface area contributed by atoms with Crippen molar-refractivity contribution in [1.82, 2.24) is 4.90 Å². The van der Waals surface area contributed by atoms with Crippen molar-refractivity contribution in [2.75, 3.05) is 12.3 Å². The minimum atomic E-state index is -1.07. The fraction of sp³-hybridized carbons (Fsp3) is 0.429. The van der Waals surface area contributed by atoms with Crippen molar-refractivity contribution < 1.29 is 19.8 Å². The molecule has 2 atom stereocenters. The Bertz CT molecular complexity index is 518. The van der Waals surface area contributed by atoms with Gasteiger partial charge in [0.2, 0.25) is 5.91 Å². The van der Waals surface area contributed by atoms with Gasteiger partial charge in [-0.15, -0.1) is 0 Å². The molecule has 1 saturated heterocycles. The van der Waals surface area contributed by atoms with Crippen molar-refractivity contribution in [3.63, 3.8) is 0 Å². The average molecular weight is 278 g/mol. The monoisotopic (exact) mass is 278 g/mol. The third kappa shape index (κ3) is 3.27. The van der Waals surface area contributed by atoms with E-state index in [-0.39, 0.29) is 25.3 Å². The number of amides is 1. The largest absolute Gasteiger partial charge is 0.480 e. The number of carbonyl (C=O) groups excluding carboxylic acids is 1. The van der Waals surface area contributed by atoms with E-state index in [1.807, 2.05) is 12.1 Å². The molecule has 1 aliphatic heterocycles. The van der Waals surface area contributed by atoms with Gasteiger partial charge in [-0.25, -0.2) is 4.79 Å². The molecule has 0 radical (unpaired) electrons. The third-order valence-corrected chi connectivity index (χ3v) is 3.46. The Morgan fingerprint density at radius 2 is 2.15 bits per heavy atom. The number of β-amino-alcohol motifs (C(OH)–C–C–N with tert-alkyl or cyclic N) is 1. The van der Waals surface area contributed by atoms with Crippen LogP contribution in [0.4, 0.5) is 5.69 Å². The van der Waals surface area contributed by atoms with Crippen LogP contribution in [0.3, 0.4) is 0 Å². The van der Waals surface area contributed by atoms with E-state index in [1.54, 1.807) is 12.1 Å². The molecular weight excluding hydrogens is 260 g/mol. The number of aliphatic hydroxyl groups excluding tert-OH is 1. The topological polar surface area (TPSA) is 104 Å². The maximum Gasteiger partial charge on any atom is 0.326 e. The van der Waals surface area contributed by atoms with Crippen LogP contribution in [-0.2, 0) is 16.0 Å². The molecule has 4 N–H and O–H groups in total. The zero-order valence-electron chi connectivity index (χ0n) is 11.0. The van der Waals surface area contributed by atoms with Crippen molar-refractivity contribution in [3.8, 4) is 0 Å². The summed E-state index contributed by atoms with van der Waals surface area (Å²) in [5, 5.41) is 18.6. The molecule has 1 aliphatic rings. The Morgan fingerprint density at radius 3 is 2.80 bits per heavy atom. The summed E-state index contributed by atoms with van der Waals surface area (Å²) in [4.78, 5) is 24.4. The first kappa shape index (κ1) is 14.3. The third-order valence-electron chi connectivity index (χ3n) is 3.46. The first-order chi connectivity index (χ1) is 9.47. The standard InChI is InChI=1S/C14H18N2O4/c15-10-3-1-2-9(6-10)4-5-13(18)16-8-11(17)7-12(16)14(19)20/h1-3,6,11-12,17H,4-5,7-8,15H2,(H,19,20)/t11?,12-/m0/s1. The fourth-order valence-corrected chi connectivity index (χ4v) is 2.47. The number of nitrogens with two attached hydrogens (primary N) is 1. The maximum atomic E-state index is 12.1. The van der Waals surface area contributed by atoms with Gasteiger partial charge in [0.15, 0.2) is 0 Å². The summed E-state index contributed by atoms with van der Waals surface area (Å²) >= 11 is 0. The normalized spacial score (nSPS) is 21.9. The van der Waals surface area contributed by atoms with Crippen LogP contribution in [0.1, 0.15) is 18.4 Å². The van der Waals surface area contributed by atoms with Crippen LogP contribution in [0.25, 0.3) is 0 Å². The van der Waals surface area contributed by atoms with Crippen LogP contribution in [0.2, 0.25) is 0 Å². The SMILES string of the molecule is Nc1cccc(CCC(=O)N2CC(O)C[C@H]2C(=O)O)c1. The Balaban J connectivity index is 1.96. The summed E-state index contributed by atoms with van der Waals surface area (Å²) in [6.07, 6.45) is 0.0506. The number of carbonyl (C=O) groups is 2. The first-order valence-electron chi connectivity index (χ1n) is 6.52. The second-order valence-corrected chi connectivity index (χ2v) is 5.03. The second-order valence-electron chi connectivity index (χ2n) is 5.03. The molecule has 1 amide bonds. The van der Waals surface area contributed by atoms with Crippen LogP contribution in [-0.4, -0.2) is 45.7 Å². The molecule has 2 rings (SSSR count). The minimum absolute atomic E-state index is 0.0900. The van der Waals surface area contributed by atoms with Gasteiger partial charge in [-0.2, -0.15) is 0 Å². The molecular formula is C14H18N2O4. The summed E-state index contributed by atoms with van der Waals surface area (Å²) in [6, 6.07) is 6.33. The molecule has 108 valence electrons. The average Bonchev–Trinajstić information content (AvgIpc) is 2.78. The van der Waals surface area contributed by atoms with E-state index in [9.17, 15) is 14.7 Å². The number of rotatable bonds is 4. The van der Waals surface area contributed by atoms with E-state index in [4.69, 9.17) is 10.8 Å². The van der Waals surface area contributed by atoms with E-state index < -0.39 is 18.1 Å². The minimum Gasteiger partial charge on any atom is -0.480 e. The molecule has 0 saturated carbocycles. The van der Waals surface area contributed by atoms with Crippen LogP contribution in [0.5, 0.6) is 0 Å². The van der Waals surface area contributed by atoms with Gasteiger partial charge in [-0.1, -0.05) is 12.1 Å². The lowest BCUT2D eigenvalue weighted by molar-refractivity contribution is -0.148. The number of aryl methyl sites for hydroxylation is 1. The molecule has 1 heterocycles. The number of nitrogen functional groups attached to an aromatic ring is 1. The fourth-order valence-electron chi connectivity index (χ4n) is 2.47. The molecule has 20 heavy (non-hydrogen) atoms. The van der Waals surface area contributed by atoms with Crippen molar-refractivity contribution >= 4 is 17.6 Å². The summed E-state index contributed by atoms with van der Waals surface area (Å²) in [7, 11) is 0. The van der Waals surface area contributed by atoms with Gasteiger partial charge in [0.25, 0.3) is 0 Å². The van der Waals surface area contributed by atoms with Crippen molar-refractivity contribution in [2.24, 2.45) is 0 Å². The number of nitrogens with zero attached hydrogens (tertiary/aromatic N) is 1. The zero-order chi connectivity index (χ0) is 14.7. The van der Waals surface area contributed by atoms with E-state index in [1.165, 1.54) is 4.90 Å². The number of aliphatic carboxylic acids is 1.